The third-order valence-corrected chi connectivity index (χ3v) is 6.82. The molecule has 2 heterocycles. The molecule has 0 bridgehead atoms. The van der Waals surface area contributed by atoms with Crippen LogP contribution in [0.3, 0.4) is 0 Å². The van der Waals surface area contributed by atoms with E-state index < -0.39 is 16.1 Å². The minimum Gasteiger partial charge on any atom is -0.341 e. The van der Waals surface area contributed by atoms with Gasteiger partial charge >= 0.3 is 0 Å². The number of halogens is 1. The van der Waals surface area contributed by atoms with Crippen LogP contribution in [-0.2, 0) is 21.9 Å². The Balaban J connectivity index is 0.00000364. The summed E-state index contributed by atoms with van der Waals surface area (Å²) in [7, 11) is -2.10. The van der Waals surface area contributed by atoms with Crippen molar-refractivity contribution >= 4 is 28.3 Å². The predicted molar refractivity (Wildman–Crippen MR) is 108 cm³/mol. The molecule has 1 atom stereocenters. The molecule has 1 aromatic rings. The number of sulfonamides is 1. The number of amides is 1. The van der Waals surface area contributed by atoms with E-state index in [2.05, 4.69) is 22.1 Å². The summed E-state index contributed by atoms with van der Waals surface area (Å²) in [5, 5.41) is 7.49. The monoisotopic (exact) mass is 421 g/mol. The van der Waals surface area contributed by atoms with E-state index in [0.29, 0.717) is 30.4 Å². The van der Waals surface area contributed by atoms with E-state index in [9.17, 15) is 13.2 Å². The lowest BCUT2D eigenvalue weighted by molar-refractivity contribution is -0.133. The van der Waals surface area contributed by atoms with Crippen LogP contribution < -0.4 is 10.0 Å². The van der Waals surface area contributed by atoms with Crippen LogP contribution in [0.2, 0.25) is 0 Å². The second-order valence-electron chi connectivity index (χ2n) is 7.04. The second kappa shape index (κ2) is 9.86. The highest BCUT2D eigenvalue weighted by Gasteiger charge is 2.31. The second-order valence-corrected chi connectivity index (χ2v) is 8.69. The van der Waals surface area contributed by atoms with Gasteiger partial charge < -0.3 is 10.2 Å². The van der Waals surface area contributed by atoms with Crippen molar-refractivity contribution < 1.29 is 13.2 Å². The van der Waals surface area contributed by atoms with E-state index in [1.54, 1.807) is 32.7 Å². The van der Waals surface area contributed by atoms with E-state index in [0.717, 1.165) is 25.9 Å². The lowest BCUT2D eigenvalue weighted by Gasteiger charge is -2.33. The van der Waals surface area contributed by atoms with Gasteiger partial charge in [-0.25, -0.2) is 8.42 Å². The molecule has 1 saturated heterocycles. The molecule has 1 fully saturated rings. The molecule has 1 unspecified atom stereocenters. The van der Waals surface area contributed by atoms with Crippen LogP contribution in [0, 0.1) is 19.8 Å². The number of hydrogen-bond donors (Lipinski definition) is 2. The topological polar surface area (TPSA) is 96.3 Å². The molecule has 0 aliphatic carbocycles. The van der Waals surface area contributed by atoms with Crippen LogP contribution >= 0.6 is 12.4 Å². The molecule has 0 spiro atoms. The average molecular weight is 422 g/mol. The van der Waals surface area contributed by atoms with Gasteiger partial charge in [-0.05, 0) is 52.6 Å². The Bertz CT molecular complexity index is 742. The van der Waals surface area contributed by atoms with Crippen molar-refractivity contribution in [3.63, 3.8) is 0 Å². The molecular weight excluding hydrogens is 390 g/mol. The standard InChI is InChI=1S/C17H31N5O3S.ClH/c1-6-18-11-15-7-9-22(10-8-15)17(23)13(3)20-26(24,25)16-12(2)19-21(5)14(16)4;/h13,15,18,20H,6-11H2,1-5H3;1H. The molecule has 0 saturated carbocycles. The third-order valence-electron chi connectivity index (χ3n) is 5.02. The molecule has 0 aromatic carbocycles. The minimum atomic E-state index is -3.80. The molecule has 8 nitrogen and oxygen atoms in total. The van der Waals surface area contributed by atoms with Gasteiger partial charge in [0.05, 0.1) is 17.4 Å². The highest BCUT2D eigenvalue weighted by atomic mass is 35.5. The first-order valence-corrected chi connectivity index (χ1v) is 10.7. The number of aryl methyl sites for hydroxylation is 2. The Labute approximate surface area is 168 Å². The number of carbonyl (C=O) groups excluding carboxylic acids is 1. The summed E-state index contributed by atoms with van der Waals surface area (Å²) in [5.41, 5.74) is 0.986. The summed E-state index contributed by atoms with van der Waals surface area (Å²) in [4.78, 5) is 14.6. The van der Waals surface area contributed by atoms with Crippen LogP contribution in [0.5, 0.6) is 0 Å². The van der Waals surface area contributed by atoms with Crippen molar-refractivity contribution in [1.82, 2.24) is 24.7 Å². The predicted octanol–water partition coefficient (Wildman–Crippen LogP) is 0.974. The van der Waals surface area contributed by atoms with Gasteiger partial charge in [-0.2, -0.15) is 9.82 Å². The summed E-state index contributed by atoms with van der Waals surface area (Å²) in [6.07, 6.45) is 1.89. The fraction of sp³-hybridized carbons (Fsp3) is 0.765. The number of likely N-dealkylation sites (tertiary alicyclic amines) is 1. The van der Waals surface area contributed by atoms with Crippen molar-refractivity contribution in [3.8, 4) is 0 Å². The molecule has 0 radical (unpaired) electrons. The summed E-state index contributed by atoms with van der Waals surface area (Å²) in [5.74, 6) is 0.404. The third kappa shape index (κ3) is 5.66. The Hall–Kier alpha value is -1.16. The maximum absolute atomic E-state index is 12.7. The molecule has 10 heteroatoms. The maximum Gasteiger partial charge on any atom is 0.244 e. The van der Waals surface area contributed by atoms with Gasteiger partial charge in [-0.3, -0.25) is 9.48 Å². The molecule has 1 aliphatic rings. The molecule has 1 aliphatic heterocycles. The summed E-state index contributed by atoms with van der Waals surface area (Å²) in [6, 6.07) is -0.802. The Morgan fingerprint density at radius 1 is 1.30 bits per heavy atom. The molecule has 2 N–H and O–H groups in total. The summed E-state index contributed by atoms with van der Waals surface area (Å²) in [6.45, 7) is 10.3. The average Bonchev–Trinajstić information content (AvgIpc) is 2.85. The van der Waals surface area contributed by atoms with Gasteiger partial charge in [-0.15, -0.1) is 12.4 Å². The van der Waals surface area contributed by atoms with Crippen molar-refractivity contribution in [2.45, 2.75) is 51.5 Å². The lowest BCUT2D eigenvalue weighted by Crippen LogP contribution is -2.50. The minimum absolute atomic E-state index is 0. The Morgan fingerprint density at radius 2 is 1.89 bits per heavy atom. The van der Waals surface area contributed by atoms with Crippen LogP contribution in [0.15, 0.2) is 4.90 Å². The Kier molecular flexibility index (Phi) is 8.72. The molecule has 156 valence electrons. The lowest BCUT2D eigenvalue weighted by atomic mass is 9.96. The SMILES string of the molecule is CCNCC1CCN(C(=O)C(C)NS(=O)(=O)c2c(C)nn(C)c2C)CC1.Cl. The molecule has 27 heavy (non-hydrogen) atoms. The normalized spacial score (nSPS) is 16.9. The number of carbonyl (C=O) groups is 1. The first kappa shape index (κ1) is 23.9. The first-order valence-electron chi connectivity index (χ1n) is 9.19. The number of rotatable bonds is 7. The smallest absolute Gasteiger partial charge is 0.244 e. The van der Waals surface area contributed by atoms with E-state index in [1.807, 2.05) is 0 Å². The van der Waals surface area contributed by atoms with E-state index in [1.165, 1.54) is 4.68 Å². The van der Waals surface area contributed by atoms with Gasteiger partial charge in [0.2, 0.25) is 15.9 Å². The quantitative estimate of drug-likeness (QED) is 0.683. The van der Waals surface area contributed by atoms with Crippen molar-refractivity contribution in [2.24, 2.45) is 13.0 Å². The zero-order valence-electron chi connectivity index (χ0n) is 16.8. The highest BCUT2D eigenvalue weighted by Crippen LogP contribution is 2.20. The largest absolute Gasteiger partial charge is 0.341 e. The van der Waals surface area contributed by atoms with Crippen LogP contribution in [0.4, 0.5) is 0 Å². The van der Waals surface area contributed by atoms with Crippen LogP contribution in [0.25, 0.3) is 0 Å². The first-order chi connectivity index (χ1) is 12.2. The van der Waals surface area contributed by atoms with Gasteiger partial charge in [0.15, 0.2) is 0 Å². The number of aromatic nitrogens is 2. The van der Waals surface area contributed by atoms with E-state index in [4.69, 9.17) is 0 Å². The van der Waals surface area contributed by atoms with Crippen molar-refractivity contribution in [3.05, 3.63) is 11.4 Å². The van der Waals surface area contributed by atoms with Crippen molar-refractivity contribution in [2.75, 3.05) is 26.2 Å². The fourth-order valence-electron chi connectivity index (χ4n) is 3.46. The fourth-order valence-corrected chi connectivity index (χ4v) is 5.10. The Morgan fingerprint density at radius 3 is 2.37 bits per heavy atom. The molecule has 1 amide bonds. The maximum atomic E-state index is 12.7. The molecular formula is C17H32ClN5O3S. The summed E-state index contributed by atoms with van der Waals surface area (Å²) >= 11 is 0. The number of hydrogen-bond acceptors (Lipinski definition) is 5. The van der Waals surface area contributed by atoms with E-state index in [-0.39, 0.29) is 23.2 Å². The van der Waals surface area contributed by atoms with Gasteiger partial charge in [-0.1, -0.05) is 6.92 Å². The molecule has 1 aromatic heterocycles. The van der Waals surface area contributed by atoms with Gasteiger partial charge in [0.1, 0.15) is 4.90 Å². The van der Waals surface area contributed by atoms with E-state index >= 15 is 0 Å². The highest BCUT2D eigenvalue weighted by molar-refractivity contribution is 7.89. The molecule has 2 rings (SSSR count). The number of nitrogens with zero attached hydrogens (tertiary/aromatic N) is 3. The van der Waals surface area contributed by atoms with Crippen LogP contribution in [-0.4, -0.2) is 61.2 Å². The van der Waals surface area contributed by atoms with Gasteiger partial charge in [0, 0.05) is 20.1 Å². The number of piperidine rings is 1. The van der Waals surface area contributed by atoms with Gasteiger partial charge in [0.25, 0.3) is 0 Å². The zero-order valence-corrected chi connectivity index (χ0v) is 18.4. The number of nitrogens with one attached hydrogen (secondary N) is 2. The summed E-state index contributed by atoms with van der Waals surface area (Å²) < 4.78 is 29.5. The van der Waals surface area contributed by atoms with Crippen molar-refractivity contribution in [1.29, 1.82) is 0 Å². The van der Waals surface area contributed by atoms with Crippen LogP contribution in [0.1, 0.15) is 38.1 Å². The zero-order chi connectivity index (χ0) is 19.5.